The molecule has 7 nitrogen and oxygen atoms in total. The summed E-state index contributed by atoms with van der Waals surface area (Å²) in [5, 5.41) is 6.48. The first-order valence-electron chi connectivity index (χ1n) is 8.54. The minimum Gasteiger partial charge on any atom is -0.496 e. The van der Waals surface area contributed by atoms with E-state index in [0.717, 1.165) is 31.7 Å². The first kappa shape index (κ1) is 18.3. The van der Waals surface area contributed by atoms with E-state index in [2.05, 4.69) is 20.3 Å². The summed E-state index contributed by atoms with van der Waals surface area (Å²) < 4.78 is 23.7. The lowest BCUT2D eigenvalue weighted by molar-refractivity contribution is -0.117. The van der Waals surface area contributed by atoms with Gasteiger partial charge in [-0.3, -0.25) is 14.6 Å². The van der Waals surface area contributed by atoms with E-state index in [1.54, 1.807) is 26.2 Å². The van der Waals surface area contributed by atoms with Gasteiger partial charge in [0.15, 0.2) is 5.82 Å². The van der Waals surface area contributed by atoms with Crippen molar-refractivity contribution in [3.8, 4) is 5.75 Å². The van der Waals surface area contributed by atoms with Gasteiger partial charge >= 0.3 is 0 Å². The highest BCUT2D eigenvalue weighted by molar-refractivity contribution is 5.91. The van der Waals surface area contributed by atoms with Crippen molar-refractivity contribution >= 4 is 11.7 Å². The summed E-state index contributed by atoms with van der Waals surface area (Å²) in [5.41, 5.74) is 0.833. The van der Waals surface area contributed by atoms with Crippen molar-refractivity contribution in [2.24, 2.45) is 0 Å². The van der Waals surface area contributed by atoms with Crippen LogP contribution in [0.5, 0.6) is 5.75 Å². The molecule has 0 atom stereocenters. The molecule has 1 N–H and O–H groups in total. The van der Waals surface area contributed by atoms with Crippen molar-refractivity contribution in [3.63, 3.8) is 0 Å². The fraction of sp³-hybridized carbons (Fsp3) is 0.444. The molecule has 1 fully saturated rings. The van der Waals surface area contributed by atoms with Crippen molar-refractivity contribution in [3.05, 3.63) is 41.4 Å². The molecule has 3 rings (SSSR count). The van der Waals surface area contributed by atoms with Gasteiger partial charge in [-0.15, -0.1) is 0 Å². The molecule has 1 aromatic carbocycles. The van der Waals surface area contributed by atoms with E-state index in [1.165, 1.54) is 12.1 Å². The zero-order chi connectivity index (χ0) is 18.5. The van der Waals surface area contributed by atoms with Gasteiger partial charge in [-0.1, -0.05) is 5.16 Å². The first-order chi connectivity index (χ1) is 12.5. The Morgan fingerprint density at radius 3 is 2.65 bits per heavy atom. The van der Waals surface area contributed by atoms with Gasteiger partial charge in [-0.2, -0.15) is 0 Å². The van der Waals surface area contributed by atoms with Gasteiger partial charge in [-0.25, -0.2) is 4.39 Å². The van der Waals surface area contributed by atoms with Gasteiger partial charge in [0.25, 0.3) is 0 Å². The number of aryl methyl sites for hydroxylation is 1. The number of carbonyl (C=O) groups is 1. The average molecular weight is 362 g/mol. The van der Waals surface area contributed by atoms with E-state index in [0.29, 0.717) is 30.4 Å². The van der Waals surface area contributed by atoms with Gasteiger partial charge in [0.1, 0.15) is 17.3 Å². The van der Waals surface area contributed by atoms with Crippen LogP contribution >= 0.6 is 0 Å². The molecular weight excluding hydrogens is 339 g/mol. The number of halogens is 1. The van der Waals surface area contributed by atoms with Crippen LogP contribution in [0.15, 0.2) is 28.8 Å². The molecule has 0 radical (unpaired) electrons. The summed E-state index contributed by atoms with van der Waals surface area (Å²) in [6, 6.07) is 6.24. The van der Waals surface area contributed by atoms with E-state index in [-0.39, 0.29) is 11.7 Å². The van der Waals surface area contributed by atoms with Crippen LogP contribution in [0.1, 0.15) is 11.3 Å². The lowest BCUT2D eigenvalue weighted by Crippen LogP contribution is -2.48. The summed E-state index contributed by atoms with van der Waals surface area (Å²) in [6.45, 7) is 5.84. The van der Waals surface area contributed by atoms with Crippen molar-refractivity contribution in [1.29, 1.82) is 0 Å². The van der Waals surface area contributed by atoms with Gasteiger partial charge < -0.3 is 14.6 Å². The van der Waals surface area contributed by atoms with Crippen molar-refractivity contribution in [2.75, 3.05) is 45.2 Å². The highest BCUT2D eigenvalue weighted by atomic mass is 19.1. The molecule has 0 aliphatic carbocycles. The van der Waals surface area contributed by atoms with Gasteiger partial charge in [0, 0.05) is 44.4 Å². The Kier molecular flexibility index (Phi) is 5.85. The van der Waals surface area contributed by atoms with Crippen LogP contribution in [0.3, 0.4) is 0 Å². The molecule has 1 saturated heterocycles. The largest absolute Gasteiger partial charge is 0.496 e. The molecule has 0 spiro atoms. The number of rotatable bonds is 6. The molecule has 26 heavy (non-hydrogen) atoms. The highest BCUT2D eigenvalue weighted by Gasteiger charge is 2.20. The molecule has 0 saturated carbocycles. The van der Waals surface area contributed by atoms with Crippen LogP contribution in [-0.2, 0) is 11.3 Å². The number of piperazine rings is 1. The van der Waals surface area contributed by atoms with Crippen LogP contribution in [-0.4, -0.2) is 60.7 Å². The Hall–Kier alpha value is -2.45. The second kappa shape index (κ2) is 8.29. The van der Waals surface area contributed by atoms with Gasteiger partial charge in [0.2, 0.25) is 5.91 Å². The average Bonchev–Trinajstić information content (AvgIpc) is 3.01. The standard InChI is InChI=1S/C18H23FN4O3/c1-13-9-17(21-26-13)20-18(24)12-23-7-5-22(6-8-23)11-14-10-15(19)3-4-16(14)25-2/h3-4,9-10H,5-8,11-12H2,1-2H3,(H,20,21,24). The van der Waals surface area contributed by atoms with Crippen LogP contribution in [0.4, 0.5) is 10.2 Å². The number of methoxy groups -OCH3 is 1. The third-order valence-electron chi connectivity index (χ3n) is 4.36. The zero-order valence-electron chi connectivity index (χ0n) is 15.0. The molecule has 0 bridgehead atoms. The number of benzene rings is 1. The fourth-order valence-electron chi connectivity index (χ4n) is 3.03. The van der Waals surface area contributed by atoms with Gasteiger partial charge in [-0.05, 0) is 25.1 Å². The second-order valence-electron chi connectivity index (χ2n) is 6.38. The number of nitrogens with one attached hydrogen (secondary N) is 1. The second-order valence-corrected chi connectivity index (χ2v) is 6.38. The topological polar surface area (TPSA) is 70.8 Å². The number of ether oxygens (including phenoxy) is 1. The quantitative estimate of drug-likeness (QED) is 0.846. The number of amides is 1. The molecule has 1 aliphatic rings. The molecule has 1 aromatic heterocycles. The Labute approximate surface area is 151 Å². The summed E-state index contributed by atoms with van der Waals surface area (Å²) in [6.07, 6.45) is 0. The van der Waals surface area contributed by atoms with Crippen molar-refractivity contribution in [1.82, 2.24) is 15.0 Å². The Morgan fingerprint density at radius 2 is 2.00 bits per heavy atom. The van der Waals surface area contributed by atoms with E-state index in [1.807, 2.05) is 0 Å². The van der Waals surface area contributed by atoms with Crippen LogP contribution < -0.4 is 10.1 Å². The van der Waals surface area contributed by atoms with Crippen molar-refractivity contribution < 1.29 is 18.4 Å². The predicted octanol–water partition coefficient (Wildman–Crippen LogP) is 1.89. The predicted molar refractivity (Wildman–Crippen MR) is 94.5 cm³/mol. The van der Waals surface area contributed by atoms with E-state index < -0.39 is 0 Å². The molecular formula is C18H23FN4O3. The Balaban J connectivity index is 1.47. The number of hydrogen-bond donors (Lipinski definition) is 1. The summed E-state index contributed by atoms with van der Waals surface area (Å²) in [4.78, 5) is 16.4. The SMILES string of the molecule is COc1ccc(F)cc1CN1CCN(CC(=O)Nc2cc(C)on2)CC1. The number of hydrogen-bond acceptors (Lipinski definition) is 6. The maximum absolute atomic E-state index is 13.5. The Bertz CT molecular complexity index is 757. The molecule has 2 heterocycles. The zero-order valence-corrected chi connectivity index (χ0v) is 15.0. The summed E-state index contributed by atoms with van der Waals surface area (Å²) in [5.74, 6) is 1.40. The van der Waals surface area contributed by atoms with Crippen molar-refractivity contribution in [2.45, 2.75) is 13.5 Å². The number of carbonyl (C=O) groups excluding carboxylic acids is 1. The molecule has 2 aromatic rings. The summed E-state index contributed by atoms with van der Waals surface area (Å²) in [7, 11) is 1.59. The molecule has 8 heteroatoms. The van der Waals surface area contributed by atoms with Crippen LogP contribution in [0, 0.1) is 12.7 Å². The number of aromatic nitrogens is 1. The third kappa shape index (κ3) is 4.80. The minimum absolute atomic E-state index is 0.112. The molecule has 0 unspecified atom stereocenters. The smallest absolute Gasteiger partial charge is 0.239 e. The fourth-order valence-corrected chi connectivity index (χ4v) is 3.03. The van der Waals surface area contributed by atoms with E-state index in [4.69, 9.17) is 9.26 Å². The molecule has 1 amide bonds. The molecule has 1 aliphatic heterocycles. The lowest BCUT2D eigenvalue weighted by atomic mass is 10.1. The highest BCUT2D eigenvalue weighted by Crippen LogP contribution is 2.21. The van der Waals surface area contributed by atoms with Crippen LogP contribution in [0.25, 0.3) is 0 Å². The molecule has 140 valence electrons. The minimum atomic E-state index is -0.265. The monoisotopic (exact) mass is 362 g/mol. The normalized spacial score (nSPS) is 15.8. The lowest BCUT2D eigenvalue weighted by Gasteiger charge is -2.34. The maximum Gasteiger partial charge on any atom is 0.239 e. The maximum atomic E-state index is 13.5. The number of anilines is 1. The van der Waals surface area contributed by atoms with E-state index in [9.17, 15) is 9.18 Å². The summed E-state index contributed by atoms with van der Waals surface area (Å²) >= 11 is 0. The Morgan fingerprint density at radius 1 is 1.27 bits per heavy atom. The van der Waals surface area contributed by atoms with Crippen LogP contribution in [0.2, 0.25) is 0 Å². The van der Waals surface area contributed by atoms with E-state index >= 15 is 0 Å². The first-order valence-corrected chi connectivity index (χ1v) is 8.54. The third-order valence-corrected chi connectivity index (χ3v) is 4.36. The number of nitrogens with zero attached hydrogens (tertiary/aromatic N) is 3. The van der Waals surface area contributed by atoms with Gasteiger partial charge in [0.05, 0.1) is 13.7 Å².